The smallest absolute Gasteiger partial charge is 0.415 e. The van der Waals surface area contributed by atoms with Gasteiger partial charge in [0.05, 0.1) is 13.2 Å². The SMILES string of the molecule is COc1ccc(C(NC(=O)c2ccc(Cl)cc2)C2CCN(C(=O)Oc3ccccc3)CC2)cn1. The fourth-order valence-electron chi connectivity index (χ4n) is 4.06. The van der Waals surface area contributed by atoms with E-state index in [9.17, 15) is 9.59 Å². The number of carbonyl (C=O) groups is 2. The van der Waals surface area contributed by atoms with Gasteiger partial charge >= 0.3 is 6.09 Å². The molecule has 4 rings (SSSR count). The van der Waals surface area contributed by atoms with Crippen molar-refractivity contribution in [2.75, 3.05) is 20.2 Å². The highest BCUT2D eigenvalue weighted by atomic mass is 35.5. The number of benzene rings is 2. The van der Waals surface area contributed by atoms with Crippen molar-refractivity contribution in [1.82, 2.24) is 15.2 Å². The number of carbonyl (C=O) groups excluding carboxylic acids is 2. The zero-order valence-electron chi connectivity index (χ0n) is 18.8. The average molecular weight is 480 g/mol. The molecule has 1 aliphatic heterocycles. The van der Waals surface area contributed by atoms with E-state index in [-0.39, 0.29) is 24.0 Å². The van der Waals surface area contributed by atoms with E-state index in [0.717, 1.165) is 5.56 Å². The first-order valence-corrected chi connectivity index (χ1v) is 11.5. The van der Waals surface area contributed by atoms with Gasteiger partial charge in [0.15, 0.2) is 0 Å². The standard InChI is InChI=1S/C26H26ClN3O4/c1-33-23-12-9-20(17-28-23)24(29-25(31)19-7-10-21(27)11-8-19)18-13-15-30(16-14-18)26(32)34-22-5-3-2-4-6-22/h2-12,17-18,24H,13-16H2,1H3,(H,29,31). The number of ether oxygens (including phenoxy) is 2. The monoisotopic (exact) mass is 479 g/mol. The Morgan fingerprint density at radius 3 is 2.35 bits per heavy atom. The molecule has 2 aromatic carbocycles. The number of aromatic nitrogens is 1. The van der Waals surface area contributed by atoms with Gasteiger partial charge in [-0.2, -0.15) is 0 Å². The third-order valence-electron chi connectivity index (χ3n) is 5.94. The van der Waals surface area contributed by atoms with Crippen LogP contribution in [0, 0.1) is 5.92 Å². The quantitative estimate of drug-likeness (QED) is 0.530. The minimum absolute atomic E-state index is 0.118. The second-order valence-corrected chi connectivity index (χ2v) is 8.53. The lowest BCUT2D eigenvalue weighted by Gasteiger charge is -2.36. The molecule has 1 atom stereocenters. The number of hydrogen-bond donors (Lipinski definition) is 1. The minimum Gasteiger partial charge on any atom is -0.481 e. The maximum Gasteiger partial charge on any atom is 0.415 e. The van der Waals surface area contributed by atoms with Crippen molar-refractivity contribution in [1.29, 1.82) is 0 Å². The number of rotatable bonds is 6. The predicted octanol–water partition coefficient (Wildman–Crippen LogP) is 5.13. The van der Waals surface area contributed by atoms with Crippen molar-refractivity contribution in [2.45, 2.75) is 18.9 Å². The molecule has 2 heterocycles. The molecule has 0 saturated carbocycles. The summed E-state index contributed by atoms with van der Waals surface area (Å²) in [5.74, 6) is 0.952. The molecule has 34 heavy (non-hydrogen) atoms. The Hall–Kier alpha value is -3.58. The van der Waals surface area contributed by atoms with Crippen LogP contribution in [0.2, 0.25) is 5.02 Å². The molecule has 0 radical (unpaired) electrons. The van der Waals surface area contributed by atoms with E-state index in [1.807, 2.05) is 24.3 Å². The van der Waals surface area contributed by atoms with Crippen LogP contribution < -0.4 is 14.8 Å². The molecular formula is C26H26ClN3O4. The molecular weight excluding hydrogens is 454 g/mol. The summed E-state index contributed by atoms with van der Waals surface area (Å²) in [5, 5.41) is 3.73. The van der Waals surface area contributed by atoms with Crippen LogP contribution in [-0.2, 0) is 0 Å². The summed E-state index contributed by atoms with van der Waals surface area (Å²) >= 11 is 5.96. The van der Waals surface area contributed by atoms with E-state index < -0.39 is 0 Å². The van der Waals surface area contributed by atoms with Gasteiger partial charge in [-0.25, -0.2) is 9.78 Å². The number of nitrogens with one attached hydrogen (secondary N) is 1. The Morgan fingerprint density at radius 1 is 1.03 bits per heavy atom. The molecule has 0 bridgehead atoms. The largest absolute Gasteiger partial charge is 0.481 e. The lowest BCUT2D eigenvalue weighted by molar-refractivity contribution is 0.0885. The number of pyridine rings is 1. The van der Waals surface area contributed by atoms with E-state index in [0.29, 0.717) is 48.1 Å². The van der Waals surface area contributed by atoms with Crippen molar-refractivity contribution < 1.29 is 19.1 Å². The summed E-state index contributed by atoms with van der Waals surface area (Å²) in [7, 11) is 1.56. The van der Waals surface area contributed by atoms with Crippen molar-refractivity contribution in [3.05, 3.63) is 89.1 Å². The number of hydrogen-bond acceptors (Lipinski definition) is 5. The van der Waals surface area contributed by atoms with E-state index in [1.54, 1.807) is 60.7 Å². The Labute approximate surface area is 203 Å². The van der Waals surface area contributed by atoms with Crippen molar-refractivity contribution in [3.63, 3.8) is 0 Å². The molecule has 1 aliphatic rings. The van der Waals surface area contributed by atoms with Crippen LogP contribution in [0.4, 0.5) is 4.79 Å². The highest BCUT2D eigenvalue weighted by Gasteiger charge is 2.31. The molecule has 1 fully saturated rings. The van der Waals surface area contributed by atoms with Gasteiger partial charge in [0.1, 0.15) is 5.75 Å². The summed E-state index contributed by atoms with van der Waals surface area (Å²) in [4.78, 5) is 31.6. The Morgan fingerprint density at radius 2 is 1.74 bits per heavy atom. The molecule has 1 unspecified atom stereocenters. The van der Waals surface area contributed by atoms with Crippen LogP contribution >= 0.6 is 11.6 Å². The highest BCUT2D eigenvalue weighted by Crippen LogP contribution is 2.32. The van der Waals surface area contributed by atoms with Crippen molar-refractivity contribution in [2.24, 2.45) is 5.92 Å². The second-order valence-electron chi connectivity index (χ2n) is 8.10. The molecule has 2 amide bonds. The summed E-state index contributed by atoms with van der Waals surface area (Å²) in [6, 6.07) is 19.2. The third-order valence-corrected chi connectivity index (χ3v) is 6.19. The zero-order valence-corrected chi connectivity index (χ0v) is 19.6. The molecule has 1 saturated heterocycles. The highest BCUT2D eigenvalue weighted by molar-refractivity contribution is 6.30. The first kappa shape index (κ1) is 23.6. The van der Waals surface area contributed by atoms with E-state index in [2.05, 4.69) is 10.3 Å². The second kappa shape index (κ2) is 11.0. The van der Waals surface area contributed by atoms with Crippen LogP contribution in [0.1, 0.15) is 34.8 Å². The van der Waals surface area contributed by atoms with E-state index >= 15 is 0 Å². The average Bonchev–Trinajstić information content (AvgIpc) is 2.88. The number of halogens is 1. The molecule has 176 valence electrons. The maximum absolute atomic E-state index is 13.0. The number of methoxy groups -OCH3 is 1. The Balaban J connectivity index is 1.46. The molecule has 1 aromatic heterocycles. The molecule has 3 aromatic rings. The molecule has 8 heteroatoms. The topological polar surface area (TPSA) is 80.8 Å². The summed E-state index contributed by atoms with van der Waals surface area (Å²) < 4.78 is 10.7. The lowest BCUT2D eigenvalue weighted by Crippen LogP contribution is -2.44. The normalized spacial score (nSPS) is 14.8. The number of amides is 2. The van der Waals surface area contributed by atoms with Crippen LogP contribution in [0.3, 0.4) is 0 Å². The third kappa shape index (κ3) is 5.85. The van der Waals surface area contributed by atoms with Gasteiger partial charge in [-0.1, -0.05) is 35.9 Å². The zero-order chi connectivity index (χ0) is 23.9. The first-order chi connectivity index (χ1) is 16.5. The van der Waals surface area contributed by atoms with Crippen molar-refractivity contribution >= 4 is 23.6 Å². The minimum atomic E-state index is -0.363. The van der Waals surface area contributed by atoms with Gasteiger partial charge in [0.25, 0.3) is 5.91 Å². The Bertz CT molecular complexity index is 1100. The van der Waals surface area contributed by atoms with Crippen LogP contribution in [0.5, 0.6) is 11.6 Å². The molecule has 0 spiro atoms. The Kier molecular flexibility index (Phi) is 7.65. The van der Waals surface area contributed by atoms with Gasteiger partial charge in [-0.05, 0) is 60.7 Å². The van der Waals surface area contributed by atoms with Gasteiger partial charge in [-0.15, -0.1) is 0 Å². The maximum atomic E-state index is 13.0. The van der Waals surface area contributed by atoms with E-state index in [1.165, 1.54) is 0 Å². The summed E-state index contributed by atoms with van der Waals surface area (Å²) in [6.07, 6.45) is 2.78. The number of nitrogens with zero attached hydrogens (tertiary/aromatic N) is 2. The van der Waals surface area contributed by atoms with Gasteiger partial charge < -0.3 is 19.7 Å². The fourth-order valence-corrected chi connectivity index (χ4v) is 4.19. The molecule has 1 N–H and O–H groups in total. The van der Waals surface area contributed by atoms with Gasteiger partial charge in [0, 0.05) is 35.9 Å². The lowest BCUT2D eigenvalue weighted by atomic mass is 9.85. The first-order valence-electron chi connectivity index (χ1n) is 11.1. The summed E-state index contributed by atoms with van der Waals surface area (Å²) in [6.45, 7) is 1.07. The van der Waals surface area contributed by atoms with Crippen molar-refractivity contribution in [3.8, 4) is 11.6 Å². The van der Waals surface area contributed by atoms with Crippen LogP contribution in [-0.4, -0.2) is 42.1 Å². The fraction of sp³-hybridized carbons (Fsp3) is 0.269. The number of piperidine rings is 1. The van der Waals surface area contributed by atoms with E-state index in [4.69, 9.17) is 21.1 Å². The number of likely N-dealkylation sites (tertiary alicyclic amines) is 1. The molecule has 0 aliphatic carbocycles. The van der Waals surface area contributed by atoms with Crippen LogP contribution in [0.25, 0.3) is 0 Å². The van der Waals surface area contributed by atoms with Gasteiger partial charge in [0.2, 0.25) is 5.88 Å². The number of para-hydroxylation sites is 1. The predicted molar refractivity (Wildman–Crippen MR) is 129 cm³/mol. The van der Waals surface area contributed by atoms with Gasteiger partial charge in [-0.3, -0.25) is 4.79 Å². The molecule has 7 nitrogen and oxygen atoms in total. The summed E-state index contributed by atoms with van der Waals surface area (Å²) in [5.41, 5.74) is 1.41. The van der Waals surface area contributed by atoms with Crippen LogP contribution in [0.15, 0.2) is 72.9 Å².